The molecule has 0 bridgehead atoms. The Bertz CT molecular complexity index is 537. The van der Waals surface area contributed by atoms with Gasteiger partial charge in [0.15, 0.2) is 0 Å². The average molecular weight is 284 g/mol. The highest BCUT2D eigenvalue weighted by Gasteiger charge is 2.27. The second-order valence-corrected chi connectivity index (χ2v) is 6.74. The van der Waals surface area contributed by atoms with Crippen molar-refractivity contribution >= 4 is 15.7 Å². The third kappa shape index (κ3) is 3.39. The van der Waals surface area contributed by atoms with Crippen LogP contribution in [0.1, 0.15) is 18.4 Å². The summed E-state index contributed by atoms with van der Waals surface area (Å²) in [4.78, 5) is 0. The van der Waals surface area contributed by atoms with Crippen molar-refractivity contribution in [3.8, 4) is 5.75 Å². The number of nitrogens with one attached hydrogen (secondary N) is 2. The number of hydrogen-bond acceptors (Lipinski definition) is 4. The molecule has 0 aliphatic carbocycles. The van der Waals surface area contributed by atoms with E-state index in [4.69, 9.17) is 4.74 Å². The molecular formula is C13H20N2O3S. The SMILES string of the molecule is COc1ccc(NS(=O)(=O)C2CCNCC2)c(C)c1. The number of aryl methyl sites for hydroxylation is 1. The average Bonchev–Trinajstić information content (AvgIpc) is 2.42. The predicted octanol–water partition coefficient (Wildman–Crippen LogP) is 1.50. The van der Waals surface area contributed by atoms with Crippen LogP contribution in [0.15, 0.2) is 18.2 Å². The highest BCUT2D eigenvalue weighted by Crippen LogP contribution is 2.24. The lowest BCUT2D eigenvalue weighted by Gasteiger charge is -2.23. The quantitative estimate of drug-likeness (QED) is 0.879. The highest BCUT2D eigenvalue weighted by atomic mass is 32.2. The third-order valence-corrected chi connectivity index (χ3v) is 5.26. The first kappa shape index (κ1) is 14.1. The van der Waals surface area contributed by atoms with Crippen molar-refractivity contribution in [1.82, 2.24) is 5.32 Å². The third-order valence-electron chi connectivity index (χ3n) is 3.41. The summed E-state index contributed by atoms with van der Waals surface area (Å²) in [6, 6.07) is 5.32. The molecule has 5 nitrogen and oxygen atoms in total. The molecule has 1 heterocycles. The molecule has 2 rings (SSSR count). The molecule has 0 saturated carbocycles. The summed E-state index contributed by atoms with van der Waals surface area (Å²) in [6.07, 6.45) is 1.31. The Kier molecular flexibility index (Phi) is 4.31. The van der Waals surface area contributed by atoms with E-state index in [-0.39, 0.29) is 5.25 Å². The Morgan fingerprint density at radius 2 is 2.00 bits per heavy atom. The van der Waals surface area contributed by atoms with Crippen molar-refractivity contribution in [1.29, 1.82) is 0 Å². The first-order valence-corrected chi connectivity index (χ1v) is 7.94. The number of ether oxygens (including phenoxy) is 1. The molecule has 19 heavy (non-hydrogen) atoms. The molecule has 1 aromatic rings. The van der Waals surface area contributed by atoms with Crippen molar-refractivity contribution in [2.45, 2.75) is 25.0 Å². The molecule has 106 valence electrons. The number of rotatable bonds is 4. The zero-order valence-corrected chi connectivity index (χ0v) is 12.1. The standard InChI is InChI=1S/C13H20N2O3S/c1-10-9-11(18-2)3-4-13(10)15-19(16,17)12-5-7-14-8-6-12/h3-4,9,12,14-15H,5-8H2,1-2H3. The minimum Gasteiger partial charge on any atom is -0.497 e. The number of piperidine rings is 1. The fourth-order valence-corrected chi connectivity index (χ4v) is 3.78. The smallest absolute Gasteiger partial charge is 0.235 e. The van der Waals surface area contributed by atoms with Gasteiger partial charge in [-0.1, -0.05) is 0 Å². The van der Waals surface area contributed by atoms with Crippen molar-refractivity contribution in [2.24, 2.45) is 0 Å². The molecule has 0 aromatic heterocycles. The van der Waals surface area contributed by atoms with Crippen LogP contribution in [0.25, 0.3) is 0 Å². The molecule has 1 aromatic carbocycles. The van der Waals surface area contributed by atoms with Crippen molar-refractivity contribution in [3.05, 3.63) is 23.8 Å². The topological polar surface area (TPSA) is 67.4 Å². The summed E-state index contributed by atoms with van der Waals surface area (Å²) < 4.78 is 32.4. The first-order valence-electron chi connectivity index (χ1n) is 6.40. The van der Waals surface area contributed by atoms with Gasteiger partial charge >= 0.3 is 0 Å². The Balaban J connectivity index is 2.15. The van der Waals surface area contributed by atoms with Gasteiger partial charge in [0, 0.05) is 0 Å². The summed E-state index contributed by atoms with van der Waals surface area (Å²) in [5.74, 6) is 0.724. The van der Waals surface area contributed by atoms with E-state index in [0.717, 1.165) is 24.4 Å². The van der Waals surface area contributed by atoms with Crippen LogP contribution in [-0.2, 0) is 10.0 Å². The van der Waals surface area contributed by atoms with Crippen LogP contribution in [0, 0.1) is 6.92 Å². The highest BCUT2D eigenvalue weighted by molar-refractivity contribution is 7.93. The summed E-state index contributed by atoms with van der Waals surface area (Å²) in [7, 11) is -1.72. The van der Waals surface area contributed by atoms with E-state index in [9.17, 15) is 8.42 Å². The minimum atomic E-state index is -3.31. The summed E-state index contributed by atoms with van der Waals surface area (Å²) in [5, 5.41) is 2.86. The van der Waals surface area contributed by atoms with Gasteiger partial charge in [0.05, 0.1) is 18.0 Å². The maximum Gasteiger partial charge on any atom is 0.235 e. The first-order chi connectivity index (χ1) is 9.03. The molecule has 0 spiro atoms. The fraction of sp³-hybridized carbons (Fsp3) is 0.538. The normalized spacial score (nSPS) is 17.2. The number of anilines is 1. The monoisotopic (exact) mass is 284 g/mol. The molecule has 1 fully saturated rings. The van der Waals surface area contributed by atoms with Crippen LogP contribution in [-0.4, -0.2) is 33.9 Å². The summed E-state index contributed by atoms with van der Waals surface area (Å²) >= 11 is 0. The van der Waals surface area contributed by atoms with Gasteiger partial charge in [-0.15, -0.1) is 0 Å². The number of benzene rings is 1. The van der Waals surface area contributed by atoms with Crippen LogP contribution in [0.2, 0.25) is 0 Å². The Morgan fingerprint density at radius 3 is 2.58 bits per heavy atom. The lowest BCUT2D eigenvalue weighted by Crippen LogP contribution is -2.38. The maximum atomic E-state index is 12.3. The molecule has 1 aliphatic rings. The van der Waals surface area contributed by atoms with E-state index in [0.29, 0.717) is 18.5 Å². The van der Waals surface area contributed by atoms with Gasteiger partial charge in [-0.05, 0) is 56.6 Å². The molecule has 1 saturated heterocycles. The minimum absolute atomic E-state index is 0.310. The Labute approximate surface area is 114 Å². The van der Waals surface area contributed by atoms with E-state index in [1.165, 1.54) is 0 Å². The molecule has 0 atom stereocenters. The van der Waals surface area contributed by atoms with Crippen molar-refractivity contribution in [3.63, 3.8) is 0 Å². The molecule has 2 N–H and O–H groups in total. The molecule has 0 radical (unpaired) electrons. The molecule has 0 amide bonds. The lowest BCUT2D eigenvalue weighted by molar-refractivity contribution is 0.414. The molecule has 0 unspecified atom stereocenters. The van der Waals surface area contributed by atoms with Gasteiger partial charge in [0.25, 0.3) is 0 Å². The second kappa shape index (κ2) is 5.79. The lowest BCUT2D eigenvalue weighted by atomic mass is 10.2. The number of sulfonamides is 1. The Hall–Kier alpha value is -1.27. The van der Waals surface area contributed by atoms with Crippen LogP contribution in [0.4, 0.5) is 5.69 Å². The summed E-state index contributed by atoms with van der Waals surface area (Å²) in [5.41, 5.74) is 1.48. The fourth-order valence-electron chi connectivity index (χ4n) is 2.22. The largest absolute Gasteiger partial charge is 0.497 e. The van der Waals surface area contributed by atoms with Crippen molar-refractivity contribution in [2.75, 3.05) is 24.9 Å². The zero-order valence-electron chi connectivity index (χ0n) is 11.3. The van der Waals surface area contributed by atoms with Gasteiger partial charge in [0.1, 0.15) is 5.75 Å². The van der Waals surface area contributed by atoms with E-state index >= 15 is 0 Å². The molecule has 1 aliphatic heterocycles. The molecule has 6 heteroatoms. The van der Waals surface area contributed by atoms with Crippen LogP contribution >= 0.6 is 0 Å². The predicted molar refractivity (Wildman–Crippen MR) is 76.2 cm³/mol. The van der Waals surface area contributed by atoms with E-state index in [1.54, 1.807) is 19.2 Å². The van der Waals surface area contributed by atoms with Gasteiger partial charge in [-0.3, -0.25) is 4.72 Å². The van der Waals surface area contributed by atoms with Gasteiger partial charge in [0.2, 0.25) is 10.0 Å². The second-order valence-electron chi connectivity index (χ2n) is 4.78. The number of hydrogen-bond donors (Lipinski definition) is 2. The Morgan fingerprint density at radius 1 is 1.32 bits per heavy atom. The van der Waals surface area contributed by atoms with E-state index in [1.807, 2.05) is 13.0 Å². The van der Waals surface area contributed by atoms with Crippen LogP contribution in [0.5, 0.6) is 5.75 Å². The van der Waals surface area contributed by atoms with Crippen LogP contribution < -0.4 is 14.8 Å². The van der Waals surface area contributed by atoms with E-state index in [2.05, 4.69) is 10.0 Å². The van der Waals surface area contributed by atoms with Gasteiger partial charge in [-0.2, -0.15) is 0 Å². The summed E-state index contributed by atoms with van der Waals surface area (Å²) in [6.45, 7) is 3.38. The number of methoxy groups -OCH3 is 1. The van der Waals surface area contributed by atoms with Gasteiger partial charge in [-0.25, -0.2) is 8.42 Å². The van der Waals surface area contributed by atoms with Crippen LogP contribution in [0.3, 0.4) is 0 Å². The zero-order chi connectivity index (χ0) is 13.9. The maximum absolute atomic E-state index is 12.3. The van der Waals surface area contributed by atoms with E-state index < -0.39 is 10.0 Å². The molecular weight excluding hydrogens is 264 g/mol. The van der Waals surface area contributed by atoms with Gasteiger partial charge < -0.3 is 10.1 Å². The van der Waals surface area contributed by atoms with Crippen molar-refractivity contribution < 1.29 is 13.2 Å².